The summed E-state index contributed by atoms with van der Waals surface area (Å²) in [5, 5.41) is 0.490. The Bertz CT molecular complexity index is 1000. The normalized spacial score (nSPS) is 15.0. The first-order valence-corrected chi connectivity index (χ1v) is 9.45. The molecule has 5 heteroatoms. The molecule has 1 saturated carbocycles. The zero-order valence-corrected chi connectivity index (χ0v) is 15.1. The minimum atomic E-state index is -0.486. The highest BCUT2D eigenvalue weighted by atomic mass is 16.5. The van der Waals surface area contributed by atoms with Gasteiger partial charge in [0, 0.05) is 0 Å². The molecule has 0 amide bonds. The summed E-state index contributed by atoms with van der Waals surface area (Å²) in [6.07, 6.45) is 7.76. The van der Waals surface area contributed by atoms with Gasteiger partial charge in [0.15, 0.2) is 0 Å². The fourth-order valence-electron chi connectivity index (χ4n) is 3.77. The van der Waals surface area contributed by atoms with E-state index in [2.05, 4.69) is 4.98 Å². The van der Waals surface area contributed by atoms with Crippen molar-refractivity contribution >= 4 is 16.9 Å². The van der Waals surface area contributed by atoms with E-state index < -0.39 is 5.97 Å². The van der Waals surface area contributed by atoms with Crippen molar-refractivity contribution in [1.29, 1.82) is 0 Å². The molecule has 0 radical (unpaired) electrons. The highest BCUT2D eigenvalue weighted by molar-refractivity contribution is 5.78. The Morgan fingerprint density at radius 3 is 2.56 bits per heavy atom. The number of nitrogens with zero attached hydrogens (tertiary/aromatic N) is 2. The Morgan fingerprint density at radius 1 is 1.04 bits per heavy atom. The van der Waals surface area contributed by atoms with E-state index in [0.717, 1.165) is 0 Å². The van der Waals surface area contributed by atoms with E-state index in [4.69, 9.17) is 4.74 Å². The number of para-hydroxylation sites is 1. The average Bonchev–Trinajstić information content (AvgIpc) is 2.71. The largest absolute Gasteiger partial charge is 0.425 e. The van der Waals surface area contributed by atoms with E-state index >= 15 is 0 Å². The van der Waals surface area contributed by atoms with Crippen LogP contribution in [0.1, 0.15) is 43.6 Å². The van der Waals surface area contributed by atoms with Crippen LogP contribution in [0.25, 0.3) is 10.9 Å². The SMILES string of the molecule is O=C(Cn1cnc2ccccc2c1=O)Oc1ccc(C2CCCCC2)cc1. The minimum absolute atomic E-state index is 0.166. The van der Waals surface area contributed by atoms with Crippen molar-refractivity contribution in [2.45, 2.75) is 44.6 Å². The molecule has 1 aliphatic rings. The maximum Gasteiger partial charge on any atom is 0.331 e. The van der Waals surface area contributed by atoms with Crippen molar-refractivity contribution in [2.75, 3.05) is 0 Å². The van der Waals surface area contributed by atoms with Crippen molar-refractivity contribution in [1.82, 2.24) is 9.55 Å². The number of carbonyl (C=O) groups excluding carboxylic acids is 1. The molecule has 27 heavy (non-hydrogen) atoms. The van der Waals surface area contributed by atoms with Crippen LogP contribution in [0, 0.1) is 0 Å². The first-order valence-electron chi connectivity index (χ1n) is 9.45. The second-order valence-corrected chi connectivity index (χ2v) is 7.07. The Balaban J connectivity index is 1.43. The third-order valence-corrected chi connectivity index (χ3v) is 5.22. The zero-order chi connectivity index (χ0) is 18.6. The van der Waals surface area contributed by atoms with Gasteiger partial charge in [-0.3, -0.25) is 9.36 Å². The fourth-order valence-corrected chi connectivity index (χ4v) is 3.77. The number of hydrogen-bond donors (Lipinski definition) is 0. The maximum atomic E-state index is 12.5. The molecule has 0 bridgehead atoms. The predicted molar refractivity (Wildman–Crippen MR) is 104 cm³/mol. The molecule has 0 spiro atoms. The molecule has 1 aliphatic carbocycles. The van der Waals surface area contributed by atoms with Crippen LogP contribution >= 0.6 is 0 Å². The van der Waals surface area contributed by atoms with Crippen LogP contribution in [0.15, 0.2) is 59.7 Å². The summed E-state index contributed by atoms with van der Waals surface area (Å²) >= 11 is 0. The number of rotatable bonds is 4. The quantitative estimate of drug-likeness (QED) is 0.519. The van der Waals surface area contributed by atoms with Crippen molar-refractivity contribution in [3.05, 3.63) is 70.8 Å². The molecule has 5 nitrogen and oxygen atoms in total. The van der Waals surface area contributed by atoms with Crippen LogP contribution in [0.2, 0.25) is 0 Å². The topological polar surface area (TPSA) is 61.2 Å². The fraction of sp³-hybridized carbons (Fsp3) is 0.318. The van der Waals surface area contributed by atoms with E-state index in [1.165, 1.54) is 48.6 Å². The van der Waals surface area contributed by atoms with E-state index in [0.29, 0.717) is 22.6 Å². The van der Waals surface area contributed by atoms with Crippen molar-refractivity contribution in [2.24, 2.45) is 0 Å². The summed E-state index contributed by atoms with van der Waals surface area (Å²) in [6.45, 7) is -0.166. The van der Waals surface area contributed by atoms with Gasteiger partial charge in [-0.1, -0.05) is 43.5 Å². The van der Waals surface area contributed by atoms with Gasteiger partial charge in [-0.25, -0.2) is 9.78 Å². The molecule has 4 rings (SSSR count). The first kappa shape index (κ1) is 17.5. The van der Waals surface area contributed by atoms with Crippen molar-refractivity contribution < 1.29 is 9.53 Å². The Kier molecular flexibility index (Phi) is 5.01. The number of benzene rings is 2. The van der Waals surface area contributed by atoms with Crippen molar-refractivity contribution in [3.63, 3.8) is 0 Å². The Morgan fingerprint density at radius 2 is 1.78 bits per heavy atom. The van der Waals surface area contributed by atoms with Gasteiger partial charge in [-0.15, -0.1) is 0 Å². The molecule has 1 fully saturated rings. The van der Waals surface area contributed by atoms with Gasteiger partial charge in [0.05, 0.1) is 17.2 Å². The highest BCUT2D eigenvalue weighted by Gasteiger charge is 2.16. The second kappa shape index (κ2) is 7.74. The van der Waals surface area contributed by atoms with Crippen LogP contribution in [0.5, 0.6) is 5.75 Å². The van der Waals surface area contributed by atoms with Crippen LogP contribution in [0.4, 0.5) is 0 Å². The lowest BCUT2D eigenvalue weighted by molar-refractivity contribution is -0.135. The molecular formula is C22H22N2O3. The number of hydrogen-bond acceptors (Lipinski definition) is 4. The van der Waals surface area contributed by atoms with Crippen molar-refractivity contribution in [3.8, 4) is 5.75 Å². The molecule has 2 aromatic carbocycles. The summed E-state index contributed by atoms with van der Waals surface area (Å²) in [7, 11) is 0. The molecule has 0 unspecified atom stereocenters. The molecule has 3 aromatic rings. The summed E-state index contributed by atoms with van der Waals surface area (Å²) in [6, 6.07) is 14.8. The van der Waals surface area contributed by atoms with Gasteiger partial charge in [-0.2, -0.15) is 0 Å². The third-order valence-electron chi connectivity index (χ3n) is 5.22. The standard InChI is InChI=1S/C22H22N2O3/c25-21(14-24-15-23-20-9-5-4-8-19(20)22(24)26)27-18-12-10-17(11-13-18)16-6-2-1-3-7-16/h4-5,8-13,15-16H,1-3,6-7,14H2. The van der Waals surface area contributed by atoms with Crippen LogP contribution in [-0.2, 0) is 11.3 Å². The zero-order valence-electron chi connectivity index (χ0n) is 15.1. The summed E-state index contributed by atoms with van der Waals surface area (Å²) < 4.78 is 6.68. The maximum absolute atomic E-state index is 12.5. The number of esters is 1. The lowest BCUT2D eigenvalue weighted by Gasteiger charge is -2.22. The highest BCUT2D eigenvalue weighted by Crippen LogP contribution is 2.33. The molecule has 1 aromatic heterocycles. The van der Waals surface area contributed by atoms with Gasteiger partial charge in [-0.05, 0) is 48.6 Å². The molecule has 0 atom stereocenters. The van der Waals surface area contributed by atoms with Gasteiger partial charge in [0.2, 0.25) is 0 Å². The molecule has 138 valence electrons. The minimum Gasteiger partial charge on any atom is -0.425 e. The van der Waals surface area contributed by atoms with E-state index in [-0.39, 0.29) is 12.1 Å². The van der Waals surface area contributed by atoms with E-state index in [1.54, 1.807) is 18.2 Å². The Hall–Kier alpha value is -2.95. The number of carbonyl (C=O) groups is 1. The van der Waals surface area contributed by atoms with Gasteiger partial charge in [0.1, 0.15) is 12.3 Å². The summed E-state index contributed by atoms with van der Waals surface area (Å²) in [5.41, 5.74) is 1.68. The Labute approximate surface area is 157 Å². The molecule has 0 aliphatic heterocycles. The molecule has 0 saturated heterocycles. The van der Waals surface area contributed by atoms with E-state index in [1.807, 2.05) is 30.3 Å². The predicted octanol–water partition coefficient (Wildman–Crippen LogP) is 4.05. The summed E-state index contributed by atoms with van der Waals surface area (Å²) in [5.74, 6) is 0.631. The average molecular weight is 362 g/mol. The van der Waals surface area contributed by atoms with Gasteiger partial charge in [0.25, 0.3) is 5.56 Å². The van der Waals surface area contributed by atoms with E-state index in [9.17, 15) is 9.59 Å². The number of fused-ring (bicyclic) bond motifs is 1. The third kappa shape index (κ3) is 3.92. The number of aromatic nitrogens is 2. The smallest absolute Gasteiger partial charge is 0.331 e. The molecule has 1 heterocycles. The van der Waals surface area contributed by atoms with Crippen LogP contribution in [-0.4, -0.2) is 15.5 Å². The van der Waals surface area contributed by atoms with Gasteiger partial charge >= 0.3 is 5.97 Å². The monoisotopic (exact) mass is 362 g/mol. The first-order chi connectivity index (χ1) is 13.2. The van der Waals surface area contributed by atoms with Gasteiger partial charge < -0.3 is 4.74 Å². The lowest BCUT2D eigenvalue weighted by Crippen LogP contribution is -2.26. The number of ether oxygens (including phenoxy) is 1. The summed E-state index contributed by atoms with van der Waals surface area (Å²) in [4.78, 5) is 28.9. The van der Waals surface area contributed by atoms with Crippen LogP contribution in [0.3, 0.4) is 0 Å². The lowest BCUT2D eigenvalue weighted by atomic mass is 9.84. The van der Waals surface area contributed by atoms with Crippen LogP contribution < -0.4 is 10.3 Å². The molecular weight excluding hydrogens is 340 g/mol. The molecule has 0 N–H and O–H groups in total. The second-order valence-electron chi connectivity index (χ2n) is 7.07.